The predicted molar refractivity (Wildman–Crippen MR) is 207 cm³/mol. The second-order valence-electron chi connectivity index (χ2n) is 12.6. The van der Waals surface area contributed by atoms with Gasteiger partial charge in [0.1, 0.15) is 0 Å². The number of para-hydroxylation sites is 4. The number of fused-ring (bicyclic) bond motifs is 6. The van der Waals surface area contributed by atoms with Gasteiger partial charge in [-0.3, -0.25) is 0 Å². The Morgan fingerprint density at radius 2 is 0.700 bits per heavy atom. The molecule has 4 heteroatoms. The molecule has 10 aromatic rings. The average molecular weight is 639 g/mol. The molecule has 0 aliphatic heterocycles. The first-order chi connectivity index (χ1) is 24.8. The third-order valence-electron chi connectivity index (χ3n) is 9.75. The van der Waals surface area contributed by atoms with Gasteiger partial charge in [-0.1, -0.05) is 140 Å². The minimum Gasteiger partial charge on any atom is -0.308 e. The number of aromatic nitrogens is 4. The van der Waals surface area contributed by atoms with Gasteiger partial charge in [0.15, 0.2) is 5.82 Å². The van der Waals surface area contributed by atoms with E-state index in [2.05, 4.69) is 167 Å². The van der Waals surface area contributed by atoms with Gasteiger partial charge in [-0.2, -0.15) is 0 Å². The molecule has 0 radical (unpaired) electrons. The summed E-state index contributed by atoms with van der Waals surface area (Å²) < 4.78 is 4.81. The molecule has 50 heavy (non-hydrogen) atoms. The van der Waals surface area contributed by atoms with Gasteiger partial charge in [0.25, 0.3) is 0 Å². The third kappa shape index (κ3) is 4.39. The fourth-order valence-corrected chi connectivity index (χ4v) is 7.58. The van der Waals surface area contributed by atoms with E-state index in [1.165, 1.54) is 21.5 Å². The summed E-state index contributed by atoms with van der Waals surface area (Å²) in [6, 6.07) is 64.2. The lowest BCUT2D eigenvalue weighted by Gasteiger charge is -2.20. The first-order valence-electron chi connectivity index (χ1n) is 16.9. The second kappa shape index (κ2) is 11.4. The first kappa shape index (κ1) is 28.3. The van der Waals surface area contributed by atoms with Crippen LogP contribution in [0.5, 0.6) is 0 Å². The molecular formula is C46H30N4. The van der Waals surface area contributed by atoms with Crippen molar-refractivity contribution in [3.63, 3.8) is 0 Å². The Balaban J connectivity index is 1.38. The molecule has 0 atom stereocenters. The molecule has 0 fully saturated rings. The molecule has 0 bridgehead atoms. The van der Waals surface area contributed by atoms with Gasteiger partial charge >= 0.3 is 0 Å². The number of hydrogen-bond donors (Lipinski definition) is 0. The van der Waals surface area contributed by atoms with Crippen LogP contribution in [0.2, 0.25) is 0 Å². The van der Waals surface area contributed by atoms with Crippen molar-refractivity contribution in [2.45, 2.75) is 0 Å². The van der Waals surface area contributed by atoms with E-state index in [0.717, 1.165) is 61.5 Å². The van der Waals surface area contributed by atoms with Crippen molar-refractivity contribution in [2.75, 3.05) is 0 Å². The Kier molecular flexibility index (Phi) is 6.46. The van der Waals surface area contributed by atoms with E-state index in [4.69, 9.17) is 9.97 Å². The lowest BCUT2D eigenvalue weighted by molar-refractivity contribution is 1.11. The zero-order valence-corrected chi connectivity index (χ0v) is 27.1. The highest BCUT2D eigenvalue weighted by molar-refractivity contribution is 6.11. The molecule has 3 aromatic heterocycles. The number of nitrogens with zero attached hydrogens (tertiary/aromatic N) is 4. The van der Waals surface area contributed by atoms with Crippen molar-refractivity contribution >= 4 is 43.6 Å². The molecule has 0 amide bonds. The molecule has 0 saturated heterocycles. The molecule has 0 N–H and O–H groups in total. The second-order valence-corrected chi connectivity index (χ2v) is 12.6. The van der Waals surface area contributed by atoms with Crippen LogP contribution in [0.3, 0.4) is 0 Å². The van der Waals surface area contributed by atoms with Crippen LogP contribution >= 0.6 is 0 Å². The van der Waals surface area contributed by atoms with E-state index < -0.39 is 0 Å². The minimum absolute atomic E-state index is 0.687. The SMILES string of the molecule is c1ccc(-c2cc(-c3c(-n4c5ccccc5c5ccccc54)cccc3-n3c4ccccc4c4ccccc43)nc(-c3ccccc3)n2)cc1. The lowest BCUT2D eigenvalue weighted by atomic mass is 10.0. The maximum Gasteiger partial charge on any atom is 0.160 e. The summed E-state index contributed by atoms with van der Waals surface area (Å²) in [7, 11) is 0. The summed E-state index contributed by atoms with van der Waals surface area (Å²) in [5.41, 5.74) is 11.5. The molecule has 7 aromatic carbocycles. The maximum atomic E-state index is 5.42. The van der Waals surface area contributed by atoms with Gasteiger partial charge in [-0.05, 0) is 42.5 Å². The molecule has 0 aliphatic rings. The monoisotopic (exact) mass is 638 g/mol. The standard InChI is InChI=1S/C46H30N4/c1-3-16-31(17-4-1)37-30-38(48-46(47-37)32-18-5-2-6-19-32)45-43(49-39-24-11-7-20-33(39)34-21-8-12-25-40(34)49)28-15-29-44(45)50-41-26-13-9-22-35(41)36-23-10-14-27-42(36)50/h1-30H. The molecule has 10 rings (SSSR count). The lowest BCUT2D eigenvalue weighted by Crippen LogP contribution is -2.05. The Morgan fingerprint density at radius 3 is 1.16 bits per heavy atom. The van der Waals surface area contributed by atoms with Crippen LogP contribution in [-0.2, 0) is 0 Å². The van der Waals surface area contributed by atoms with Gasteiger partial charge in [0.2, 0.25) is 0 Å². The zero-order valence-electron chi connectivity index (χ0n) is 27.1. The molecule has 0 unspecified atom stereocenters. The van der Waals surface area contributed by atoms with Crippen LogP contribution in [0.25, 0.3) is 88.9 Å². The predicted octanol–water partition coefficient (Wildman–Crippen LogP) is 11.7. The largest absolute Gasteiger partial charge is 0.308 e. The molecule has 0 spiro atoms. The van der Waals surface area contributed by atoms with E-state index >= 15 is 0 Å². The van der Waals surface area contributed by atoms with E-state index in [1.807, 2.05) is 24.3 Å². The van der Waals surface area contributed by atoms with Crippen LogP contribution in [0.4, 0.5) is 0 Å². The smallest absolute Gasteiger partial charge is 0.160 e. The van der Waals surface area contributed by atoms with E-state index in [1.54, 1.807) is 0 Å². The molecule has 234 valence electrons. The Hall–Kier alpha value is -6.78. The summed E-state index contributed by atoms with van der Waals surface area (Å²) in [5, 5.41) is 4.87. The van der Waals surface area contributed by atoms with Crippen molar-refractivity contribution in [3.8, 4) is 45.3 Å². The van der Waals surface area contributed by atoms with E-state index in [0.29, 0.717) is 5.82 Å². The summed E-state index contributed by atoms with van der Waals surface area (Å²) >= 11 is 0. The molecule has 3 heterocycles. The summed E-state index contributed by atoms with van der Waals surface area (Å²) in [6.07, 6.45) is 0. The van der Waals surface area contributed by atoms with Crippen LogP contribution in [-0.4, -0.2) is 19.1 Å². The molecular weight excluding hydrogens is 609 g/mol. The summed E-state index contributed by atoms with van der Waals surface area (Å²) in [4.78, 5) is 10.6. The van der Waals surface area contributed by atoms with Gasteiger partial charge in [-0.15, -0.1) is 0 Å². The highest BCUT2D eigenvalue weighted by Crippen LogP contribution is 2.42. The Morgan fingerprint density at radius 1 is 0.320 bits per heavy atom. The average Bonchev–Trinajstić information content (AvgIpc) is 3.71. The topological polar surface area (TPSA) is 35.6 Å². The number of benzene rings is 7. The van der Waals surface area contributed by atoms with E-state index in [-0.39, 0.29) is 0 Å². The zero-order chi connectivity index (χ0) is 33.0. The third-order valence-corrected chi connectivity index (χ3v) is 9.75. The van der Waals surface area contributed by atoms with Gasteiger partial charge in [0, 0.05) is 38.2 Å². The Labute approximate surface area is 289 Å². The van der Waals surface area contributed by atoms with Crippen LogP contribution in [0.1, 0.15) is 0 Å². The number of rotatable bonds is 5. The van der Waals surface area contributed by atoms with Gasteiger partial charge in [0.05, 0.1) is 44.8 Å². The van der Waals surface area contributed by atoms with Crippen LogP contribution in [0.15, 0.2) is 182 Å². The van der Waals surface area contributed by atoms with E-state index in [9.17, 15) is 0 Å². The molecule has 0 aliphatic carbocycles. The maximum absolute atomic E-state index is 5.42. The fourth-order valence-electron chi connectivity index (χ4n) is 7.58. The van der Waals surface area contributed by atoms with Crippen molar-refractivity contribution in [1.29, 1.82) is 0 Å². The fraction of sp³-hybridized carbons (Fsp3) is 0. The van der Waals surface area contributed by atoms with Crippen molar-refractivity contribution < 1.29 is 0 Å². The summed E-state index contributed by atoms with van der Waals surface area (Å²) in [6.45, 7) is 0. The quantitative estimate of drug-likeness (QED) is 0.188. The molecule has 0 saturated carbocycles. The Bertz CT molecular complexity index is 2570. The van der Waals surface area contributed by atoms with Crippen molar-refractivity contribution in [2.24, 2.45) is 0 Å². The molecule has 4 nitrogen and oxygen atoms in total. The summed E-state index contributed by atoms with van der Waals surface area (Å²) in [5.74, 6) is 0.687. The normalized spacial score (nSPS) is 11.6. The first-order valence-corrected chi connectivity index (χ1v) is 16.9. The van der Waals surface area contributed by atoms with Crippen LogP contribution in [0, 0.1) is 0 Å². The van der Waals surface area contributed by atoms with Crippen LogP contribution < -0.4 is 0 Å². The highest BCUT2D eigenvalue weighted by atomic mass is 15.0. The van der Waals surface area contributed by atoms with Crippen molar-refractivity contribution in [3.05, 3.63) is 182 Å². The highest BCUT2D eigenvalue weighted by Gasteiger charge is 2.23. The minimum atomic E-state index is 0.687. The number of hydrogen-bond acceptors (Lipinski definition) is 2. The van der Waals surface area contributed by atoms with Crippen molar-refractivity contribution in [1.82, 2.24) is 19.1 Å². The van der Waals surface area contributed by atoms with Gasteiger partial charge < -0.3 is 9.13 Å². The van der Waals surface area contributed by atoms with Gasteiger partial charge in [-0.25, -0.2) is 9.97 Å².